The maximum Gasteiger partial charge on any atom is 0.160 e. The number of benzene rings is 6. The van der Waals surface area contributed by atoms with Crippen LogP contribution in [0.1, 0.15) is 25.0 Å². The van der Waals surface area contributed by atoms with Crippen molar-refractivity contribution in [1.82, 2.24) is 9.97 Å². The van der Waals surface area contributed by atoms with Crippen LogP contribution >= 0.6 is 0 Å². The summed E-state index contributed by atoms with van der Waals surface area (Å²) in [5, 5.41) is 3.33. The van der Waals surface area contributed by atoms with Crippen LogP contribution in [0.4, 0.5) is 0 Å². The lowest BCUT2D eigenvalue weighted by Gasteiger charge is -2.21. The Kier molecular flexibility index (Phi) is 5.24. The Bertz CT molecular complexity index is 2400. The summed E-state index contributed by atoms with van der Waals surface area (Å²) in [6, 6.07) is 46.8. The van der Waals surface area contributed by atoms with Crippen LogP contribution in [-0.2, 0) is 5.41 Å². The molecule has 208 valence electrons. The van der Waals surface area contributed by atoms with Gasteiger partial charge in [-0.1, -0.05) is 117 Å². The lowest BCUT2D eigenvalue weighted by atomic mass is 9.82. The van der Waals surface area contributed by atoms with E-state index in [0.29, 0.717) is 5.82 Å². The van der Waals surface area contributed by atoms with Crippen molar-refractivity contribution < 1.29 is 4.42 Å². The van der Waals surface area contributed by atoms with Crippen LogP contribution in [0.25, 0.3) is 77.7 Å². The highest BCUT2D eigenvalue weighted by Gasteiger charge is 2.37. The van der Waals surface area contributed by atoms with Crippen molar-refractivity contribution in [3.8, 4) is 44.9 Å². The maximum absolute atomic E-state index is 6.53. The largest absolute Gasteiger partial charge is 0.456 e. The minimum atomic E-state index is -0.0587. The Morgan fingerprint density at radius 1 is 0.523 bits per heavy atom. The van der Waals surface area contributed by atoms with Crippen LogP contribution in [-0.4, -0.2) is 9.97 Å². The van der Waals surface area contributed by atoms with Crippen LogP contribution in [0.15, 0.2) is 138 Å². The van der Waals surface area contributed by atoms with Crippen molar-refractivity contribution in [2.45, 2.75) is 19.3 Å². The minimum absolute atomic E-state index is 0.0587. The third-order valence-corrected chi connectivity index (χ3v) is 9.29. The zero-order valence-corrected chi connectivity index (χ0v) is 24.5. The molecule has 0 fully saturated rings. The van der Waals surface area contributed by atoms with Crippen LogP contribution < -0.4 is 0 Å². The van der Waals surface area contributed by atoms with Crippen molar-refractivity contribution in [2.24, 2.45) is 0 Å². The second-order valence-corrected chi connectivity index (χ2v) is 12.2. The summed E-state index contributed by atoms with van der Waals surface area (Å²) in [6.45, 7) is 4.63. The van der Waals surface area contributed by atoms with Gasteiger partial charge in [-0.25, -0.2) is 9.97 Å². The summed E-state index contributed by atoms with van der Waals surface area (Å²) >= 11 is 0. The van der Waals surface area contributed by atoms with Gasteiger partial charge in [0.25, 0.3) is 0 Å². The average Bonchev–Trinajstić information content (AvgIpc) is 3.56. The third-order valence-electron chi connectivity index (χ3n) is 9.29. The molecule has 44 heavy (non-hydrogen) atoms. The Hall–Kier alpha value is -5.54. The van der Waals surface area contributed by atoms with E-state index in [1.54, 1.807) is 0 Å². The first kappa shape index (κ1) is 25.0. The fraction of sp³-hybridized carbons (Fsp3) is 0.0732. The van der Waals surface area contributed by atoms with Crippen LogP contribution in [0, 0.1) is 0 Å². The molecular weight excluding hydrogens is 536 g/mol. The van der Waals surface area contributed by atoms with Gasteiger partial charge in [0.05, 0.1) is 11.2 Å². The number of nitrogens with zero attached hydrogens (tertiary/aromatic N) is 2. The Morgan fingerprint density at radius 3 is 2.07 bits per heavy atom. The van der Waals surface area contributed by atoms with Gasteiger partial charge in [0.1, 0.15) is 11.2 Å². The molecule has 2 heterocycles. The summed E-state index contributed by atoms with van der Waals surface area (Å²) in [5.41, 5.74) is 13.1. The Morgan fingerprint density at radius 2 is 1.25 bits per heavy atom. The highest BCUT2D eigenvalue weighted by Crippen LogP contribution is 2.53. The summed E-state index contributed by atoms with van der Waals surface area (Å²) in [5.74, 6) is 0.683. The molecule has 0 N–H and O–H groups in total. The van der Waals surface area contributed by atoms with Crippen molar-refractivity contribution >= 4 is 32.8 Å². The van der Waals surface area contributed by atoms with E-state index >= 15 is 0 Å². The summed E-state index contributed by atoms with van der Waals surface area (Å²) < 4.78 is 6.53. The van der Waals surface area contributed by atoms with Crippen molar-refractivity contribution in [2.75, 3.05) is 0 Å². The zero-order chi connectivity index (χ0) is 29.4. The molecule has 0 bridgehead atoms. The fourth-order valence-electron chi connectivity index (χ4n) is 7.08. The van der Waals surface area contributed by atoms with Crippen LogP contribution in [0.2, 0.25) is 0 Å². The molecule has 0 radical (unpaired) electrons. The van der Waals surface area contributed by atoms with Gasteiger partial charge in [-0.2, -0.15) is 0 Å². The third kappa shape index (κ3) is 3.62. The van der Waals surface area contributed by atoms with Crippen LogP contribution in [0.5, 0.6) is 0 Å². The van der Waals surface area contributed by atoms with Gasteiger partial charge >= 0.3 is 0 Å². The van der Waals surface area contributed by atoms with Gasteiger partial charge < -0.3 is 4.42 Å². The zero-order valence-electron chi connectivity index (χ0n) is 24.5. The number of hydrogen-bond acceptors (Lipinski definition) is 3. The number of rotatable bonds is 3. The van der Waals surface area contributed by atoms with E-state index in [9.17, 15) is 0 Å². The summed E-state index contributed by atoms with van der Waals surface area (Å²) in [6.07, 6.45) is 0. The molecule has 0 aliphatic heterocycles. The van der Waals surface area contributed by atoms with Gasteiger partial charge in [0.15, 0.2) is 5.82 Å². The Labute approximate surface area is 255 Å². The molecule has 3 nitrogen and oxygen atoms in total. The summed E-state index contributed by atoms with van der Waals surface area (Å²) in [4.78, 5) is 10.3. The smallest absolute Gasteiger partial charge is 0.160 e. The highest BCUT2D eigenvalue weighted by atomic mass is 16.3. The quantitative estimate of drug-likeness (QED) is 0.214. The molecule has 2 aromatic heterocycles. The molecule has 0 unspecified atom stereocenters. The second kappa shape index (κ2) is 9.23. The molecule has 1 aliphatic carbocycles. The standard InChI is InChI=1S/C41H28N2O/c1-41(2)32-16-10-9-15-29(32)37-33(41)20-22-35-38(37)30-19-17-28(24-36(30)44-35)40-42-34-21-18-27(25-11-5-3-6-12-25)23-31(34)39(43-40)26-13-7-4-8-14-26/h3-24H,1-2H3. The number of aromatic nitrogens is 2. The van der Waals surface area contributed by atoms with E-state index in [1.807, 2.05) is 12.1 Å². The van der Waals surface area contributed by atoms with Crippen molar-refractivity contribution in [3.05, 3.63) is 145 Å². The monoisotopic (exact) mass is 564 g/mol. The van der Waals surface area contributed by atoms with E-state index in [4.69, 9.17) is 14.4 Å². The predicted molar refractivity (Wildman–Crippen MR) is 181 cm³/mol. The maximum atomic E-state index is 6.53. The molecule has 3 heteroatoms. The topological polar surface area (TPSA) is 38.9 Å². The number of hydrogen-bond donors (Lipinski definition) is 0. The van der Waals surface area contributed by atoms with Crippen LogP contribution in [0.3, 0.4) is 0 Å². The molecule has 6 aromatic carbocycles. The highest BCUT2D eigenvalue weighted by molar-refractivity contribution is 6.15. The Balaban J connectivity index is 1.24. The molecule has 8 aromatic rings. The van der Waals surface area contributed by atoms with Gasteiger partial charge in [-0.15, -0.1) is 0 Å². The molecule has 1 aliphatic rings. The van der Waals surface area contributed by atoms with Gasteiger partial charge in [-0.3, -0.25) is 0 Å². The van der Waals surface area contributed by atoms with E-state index in [1.165, 1.54) is 33.2 Å². The molecule has 9 rings (SSSR count). The normalized spacial score (nSPS) is 13.4. The van der Waals surface area contributed by atoms with E-state index < -0.39 is 0 Å². The number of furan rings is 1. The molecule has 0 atom stereocenters. The first-order valence-corrected chi connectivity index (χ1v) is 15.1. The van der Waals surface area contributed by atoms with Crippen molar-refractivity contribution in [1.29, 1.82) is 0 Å². The van der Waals surface area contributed by atoms with Gasteiger partial charge in [0.2, 0.25) is 0 Å². The second-order valence-electron chi connectivity index (χ2n) is 12.2. The first-order valence-electron chi connectivity index (χ1n) is 15.1. The SMILES string of the molecule is CC1(C)c2ccccc2-c2c1ccc1oc3cc(-c4nc(-c5ccccc5)c5cc(-c6ccccc6)ccc5n4)ccc3c21. The lowest BCUT2D eigenvalue weighted by Crippen LogP contribution is -2.14. The van der Waals surface area contributed by atoms with Gasteiger partial charge in [0, 0.05) is 32.7 Å². The van der Waals surface area contributed by atoms with Crippen molar-refractivity contribution in [3.63, 3.8) is 0 Å². The van der Waals surface area contributed by atoms with Gasteiger partial charge in [-0.05, 0) is 63.7 Å². The minimum Gasteiger partial charge on any atom is -0.456 e. The number of fused-ring (bicyclic) bond motifs is 8. The first-order chi connectivity index (χ1) is 21.6. The van der Waals surface area contributed by atoms with E-state index in [0.717, 1.165) is 49.8 Å². The average molecular weight is 565 g/mol. The van der Waals surface area contributed by atoms with E-state index in [-0.39, 0.29) is 5.41 Å². The molecule has 0 spiro atoms. The van der Waals surface area contributed by atoms with E-state index in [2.05, 4.69) is 135 Å². The molecular formula is C41H28N2O. The lowest BCUT2D eigenvalue weighted by molar-refractivity contribution is 0.656. The molecule has 0 saturated carbocycles. The fourth-order valence-corrected chi connectivity index (χ4v) is 7.08. The molecule has 0 amide bonds. The summed E-state index contributed by atoms with van der Waals surface area (Å²) in [7, 11) is 0. The predicted octanol–water partition coefficient (Wildman–Crippen LogP) is 10.8. The molecule has 0 saturated heterocycles.